The normalized spacial score (nSPS) is 11.8. The lowest BCUT2D eigenvalue weighted by molar-refractivity contribution is -0.383. The molecule has 0 atom stereocenters. The SMILES string of the molecule is CC(C)(C)CC(C)(C)Nc1nc(-c2cccnc2)cc(NCc2ccccc2)c1[N+](=O)[O-]. The Labute approximate surface area is 189 Å². The second kappa shape index (κ2) is 9.34. The van der Waals surface area contributed by atoms with E-state index in [1.54, 1.807) is 18.5 Å². The Hall–Kier alpha value is -3.48. The highest BCUT2D eigenvalue weighted by atomic mass is 16.6. The van der Waals surface area contributed by atoms with Gasteiger partial charge in [0, 0.05) is 30.0 Å². The van der Waals surface area contributed by atoms with Crippen LogP contribution < -0.4 is 10.6 Å². The molecule has 0 unspecified atom stereocenters. The summed E-state index contributed by atoms with van der Waals surface area (Å²) >= 11 is 0. The number of nitro groups is 1. The molecule has 0 saturated carbocycles. The van der Waals surface area contributed by atoms with Crippen molar-refractivity contribution >= 4 is 17.2 Å². The van der Waals surface area contributed by atoms with E-state index in [0.29, 0.717) is 17.9 Å². The Morgan fingerprint density at radius 3 is 2.34 bits per heavy atom. The molecule has 0 saturated heterocycles. The van der Waals surface area contributed by atoms with Gasteiger partial charge in [-0.25, -0.2) is 4.98 Å². The molecule has 3 rings (SSSR count). The Kier molecular flexibility index (Phi) is 6.77. The largest absolute Gasteiger partial charge is 0.375 e. The van der Waals surface area contributed by atoms with E-state index in [1.807, 2.05) is 56.3 Å². The van der Waals surface area contributed by atoms with Crippen LogP contribution in [0.15, 0.2) is 60.9 Å². The molecular formula is C25H31N5O2. The molecule has 168 valence electrons. The highest BCUT2D eigenvalue weighted by Gasteiger charge is 2.31. The number of hydrogen-bond acceptors (Lipinski definition) is 6. The highest BCUT2D eigenvalue weighted by molar-refractivity contribution is 5.79. The van der Waals surface area contributed by atoms with Crippen molar-refractivity contribution in [2.75, 3.05) is 10.6 Å². The van der Waals surface area contributed by atoms with Crippen molar-refractivity contribution < 1.29 is 4.92 Å². The zero-order valence-electron chi connectivity index (χ0n) is 19.3. The van der Waals surface area contributed by atoms with Gasteiger partial charge in [0.2, 0.25) is 5.82 Å². The predicted molar refractivity (Wildman–Crippen MR) is 130 cm³/mol. The van der Waals surface area contributed by atoms with Crippen molar-refractivity contribution in [3.8, 4) is 11.3 Å². The van der Waals surface area contributed by atoms with E-state index in [4.69, 9.17) is 0 Å². The number of anilines is 2. The first-order chi connectivity index (χ1) is 15.0. The summed E-state index contributed by atoms with van der Waals surface area (Å²) < 4.78 is 0. The van der Waals surface area contributed by atoms with Crippen molar-refractivity contribution in [1.82, 2.24) is 9.97 Å². The van der Waals surface area contributed by atoms with E-state index in [2.05, 4.69) is 41.4 Å². The number of rotatable bonds is 8. The second-order valence-corrected chi connectivity index (χ2v) is 9.84. The van der Waals surface area contributed by atoms with E-state index < -0.39 is 5.54 Å². The molecular weight excluding hydrogens is 402 g/mol. The molecule has 2 heterocycles. The summed E-state index contributed by atoms with van der Waals surface area (Å²) in [4.78, 5) is 20.6. The summed E-state index contributed by atoms with van der Waals surface area (Å²) in [6.45, 7) is 11.0. The van der Waals surface area contributed by atoms with Gasteiger partial charge in [0.25, 0.3) is 0 Å². The molecule has 0 bridgehead atoms. The number of nitrogens with one attached hydrogen (secondary N) is 2. The Morgan fingerprint density at radius 2 is 1.75 bits per heavy atom. The van der Waals surface area contributed by atoms with Gasteiger partial charge < -0.3 is 10.6 Å². The van der Waals surface area contributed by atoms with Crippen molar-refractivity contribution in [3.05, 3.63) is 76.6 Å². The van der Waals surface area contributed by atoms with Crippen LogP contribution in [-0.4, -0.2) is 20.4 Å². The zero-order valence-corrected chi connectivity index (χ0v) is 19.3. The van der Waals surface area contributed by atoms with Crippen molar-refractivity contribution in [2.24, 2.45) is 5.41 Å². The third-order valence-electron chi connectivity index (χ3n) is 4.89. The number of aromatic nitrogens is 2. The maximum absolute atomic E-state index is 12.1. The average Bonchev–Trinajstić information content (AvgIpc) is 2.71. The van der Waals surface area contributed by atoms with Gasteiger partial charge in [-0.15, -0.1) is 0 Å². The summed E-state index contributed by atoms with van der Waals surface area (Å²) in [6.07, 6.45) is 4.21. The van der Waals surface area contributed by atoms with Crippen LogP contribution in [0.4, 0.5) is 17.2 Å². The third-order valence-corrected chi connectivity index (χ3v) is 4.89. The number of benzene rings is 1. The molecule has 1 aromatic carbocycles. The summed E-state index contributed by atoms with van der Waals surface area (Å²) in [5.74, 6) is 0.251. The van der Waals surface area contributed by atoms with Crippen LogP contribution in [-0.2, 0) is 6.54 Å². The summed E-state index contributed by atoms with van der Waals surface area (Å²) in [5.41, 5.74) is 2.44. The molecule has 0 fully saturated rings. The van der Waals surface area contributed by atoms with Gasteiger partial charge in [-0.05, 0) is 49.4 Å². The van der Waals surface area contributed by atoms with Gasteiger partial charge in [0.15, 0.2) is 0 Å². The fraction of sp³-hybridized carbons (Fsp3) is 0.360. The third kappa shape index (κ3) is 6.26. The van der Waals surface area contributed by atoms with E-state index in [9.17, 15) is 10.1 Å². The molecule has 2 N–H and O–H groups in total. The number of hydrogen-bond donors (Lipinski definition) is 2. The molecule has 32 heavy (non-hydrogen) atoms. The second-order valence-electron chi connectivity index (χ2n) is 9.84. The molecule has 3 aromatic rings. The smallest absolute Gasteiger partial charge is 0.334 e. The van der Waals surface area contributed by atoms with Crippen LogP contribution in [0.5, 0.6) is 0 Å². The Morgan fingerprint density at radius 1 is 1.03 bits per heavy atom. The van der Waals surface area contributed by atoms with E-state index >= 15 is 0 Å². The predicted octanol–water partition coefficient (Wildman–Crippen LogP) is 6.29. The fourth-order valence-corrected chi connectivity index (χ4v) is 4.09. The van der Waals surface area contributed by atoms with Gasteiger partial charge in [-0.1, -0.05) is 51.1 Å². The fourth-order valence-electron chi connectivity index (χ4n) is 4.09. The van der Waals surface area contributed by atoms with Gasteiger partial charge in [-0.2, -0.15) is 0 Å². The van der Waals surface area contributed by atoms with Gasteiger partial charge in [0.05, 0.1) is 10.6 Å². The van der Waals surface area contributed by atoms with Crippen molar-refractivity contribution in [2.45, 2.75) is 53.1 Å². The van der Waals surface area contributed by atoms with Crippen LogP contribution >= 0.6 is 0 Å². The maximum Gasteiger partial charge on any atom is 0.334 e. The molecule has 0 aliphatic carbocycles. The van der Waals surface area contributed by atoms with Crippen molar-refractivity contribution in [3.63, 3.8) is 0 Å². The summed E-state index contributed by atoms with van der Waals surface area (Å²) in [5, 5.41) is 18.8. The first kappa shape index (κ1) is 23.2. The molecule has 0 spiro atoms. The quantitative estimate of drug-likeness (QED) is 0.320. The van der Waals surface area contributed by atoms with Gasteiger partial charge >= 0.3 is 5.69 Å². The summed E-state index contributed by atoms with van der Waals surface area (Å²) in [7, 11) is 0. The number of pyridine rings is 2. The first-order valence-electron chi connectivity index (χ1n) is 10.7. The topological polar surface area (TPSA) is 93.0 Å². The van der Waals surface area contributed by atoms with Gasteiger partial charge in [-0.3, -0.25) is 15.1 Å². The van der Waals surface area contributed by atoms with E-state index in [-0.39, 0.29) is 21.8 Å². The van der Waals surface area contributed by atoms with Crippen LogP contribution in [0.3, 0.4) is 0 Å². The first-order valence-corrected chi connectivity index (χ1v) is 10.7. The van der Waals surface area contributed by atoms with E-state index in [0.717, 1.165) is 17.5 Å². The molecule has 0 radical (unpaired) electrons. The summed E-state index contributed by atoms with van der Waals surface area (Å²) in [6, 6.07) is 15.2. The highest BCUT2D eigenvalue weighted by Crippen LogP contribution is 2.38. The Balaban J connectivity index is 2.07. The molecule has 0 aliphatic heterocycles. The zero-order chi connectivity index (χ0) is 23.4. The van der Waals surface area contributed by atoms with Crippen LogP contribution in [0.2, 0.25) is 0 Å². The lowest BCUT2D eigenvalue weighted by atomic mass is 9.82. The van der Waals surface area contributed by atoms with Gasteiger partial charge in [0.1, 0.15) is 5.69 Å². The van der Waals surface area contributed by atoms with Crippen molar-refractivity contribution in [1.29, 1.82) is 0 Å². The number of nitrogens with zero attached hydrogens (tertiary/aromatic N) is 3. The molecule has 7 heteroatoms. The molecule has 2 aromatic heterocycles. The molecule has 7 nitrogen and oxygen atoms in total. The standard InChI is InChI=1S/C25H31N5O2/c1-24(2,3)17-25(4,5)29-23-22(30(31)32)21(27-15-18-10-7-6-8-11-18)14-20(28-23)19-12-9-13-26-16-19/h6-14,16H,15,17H2,1-5H3,(H2,27,28,29). The lowest BCUT2D eigenvalue weighted by Crippen LogP contribution is -2.36. The van der Waals surface area contributed by atoms with Crippen LogP contribution in [0.25, 0.3) is 11.3 Å². The monoisotopic (exact) mass is 433 g/mol. The maximum atomic E-state index is 12.1. The van der Waals surface area contributed by atoms with Crippen LogP contribution in [0.1, 0.15) is 46.6 Å². The minimum absolute atomic E-state index is 0.0423. The average molecular weight is 434 g/mol. The van der Waals surface area contributed by atoms with E-state index in [1.165, 1.54) is 0 Å². The van der Waals surface area contributed by atoms with Crippen LogP contribution in [0, 0.1) is 15.5 Å². The lowest BCUT2D eigenvalue weighted by Gasteiger charge is -2.33. The Bertz CT molecular complexity index is 1060. The molecule has 0 aliphatic rings. The minimum Gasteiger partial charge on any atom is -0.375 e. The minimum atomic E-state index is -0.403. The molecule has 0 amide bonds.